The van der Waals surface area contributed by atoms with Crippen molar-refractivity contribution in [3.8, 4) is 11.5 Å². The van der Waals surface area contributed by atoms with Crippen LogP contribution in [0.2, 0.25) is 0 Å². The van der Waals surface area contributed by atoms with Crippen LogP contribution in [0.5, 0.6) is 11.5 Å². The summed E-state index contributed by atoms with van der Waals surface area (Å²) in [6, 6.07) is 6.33. The summed E-state index contributed by atoms with van der Waals surface area (Å²) in [4.78, 5) is 4.91. The van der Waals surface area contributed by atoms with E-state index in [1.54, 1.807) is 14.2 Å². The first kappa shape index (κ1) is 20.6. The van der Waals surface area contributed by atoms with Crippen LogP contribution in [0.1, 0.15) is 24.5 Å². The SMILES string of the molecule is CCn1cc(CN2CCN(Cc3cc(OC)cc(OC)c3)C(CCO)C2)cn1. The highest BCUT2D eigenvalue weighted by Gasteiger charge is 2.27. The second kappa shape index (κ2) is 9.91. The lowest BCUT2D eigenvalue weighted by atomic mass is 10.1. The molecule has 0 bridgehead atoms. The number of methoxy groups -OCH3 is 2. The summed E-state index contributed by atoms with van der Waals surface area (Å²) >= 11 is 0. The Morgan fingerprint density at radius 2 is 1.82 bits per heavy atom. The summed E-state index contributed by atoms with van der Waals surface area (Å²) in [5.41, 5.74) is 2.41. The standard InChI is InChI=1S/C21H32N4O3/c1-4-25-15-18(12-22-25)13-23-6-7-24(19(16-23)5-8-26)14-17-9-20(27-2)11-21(10-17)28-3/h9-12,15,19,26H,4-8,13-14,16H2,1-3H3. The van der Waals surface area contributed by atoms with Gasteiger partial charge in [0.05, 0.1) is 20.4 Å². The first-order valence-electron chi connectivity index (χ1n) is 9.95. The molecular formula is C21H32N4O3. The molecule has 7 heteroatoms. The smallest absolute Gasteiger partial charge is 0.122 e. The molecule has 3 rings (SSSR count). The average molecular weight is 389 g/mol. The largest absolute Gasteiger partial charge is 0.497 e. The minimum atomic E-state index is 0.199. The molecule has 1 aromatic heterocycles. The third kappa shape index (κ3) is 5.25. The lowest BCUT2D eigenvalue weighted by molar-refractivity contribution is 0.0499. The zero-order valence-electron chi connectivity index (χ0n) is 17.2. The Labute approximate surface area is 167 Å². The Morgan fingerprint density at radius 3 is 2.43 bits per heavy atom. The molecular weight excluding hydrogens is 356 g/mol. The Kier molecular flexibility index (Phi) is 7.30. The lowest BCUT2D eigenvalue weighted by Gasteiger charge is -2.41. The fourth-order valence-electron chi connectivity index (χ4n) is 3.84. The van der Waals surface area contributed by atoms with Crippen molar-refractivity contribution in [3.05, 3.63) is 41.7 Å². The van der Waals surface area contributed by atoms with Crippen LogP contribution in [0.15, 0.2) is 30.6 Å². The highest BCUT2D eigenvalue weighted by Crippen LogP contribution is 2.25. The molecule has 0 amide bonds. The number of hydrogen-bond donors (Lipinski definition) is 1. The molecule has 1 fully saturated rings. The second-order valence-electron chi connectivity index (χ2n) is 7.30. The van der Waals surface area contributed by atoms with Gasteiger partial charge in [-0.1, -0.05) is 0 Å². The fraction of sp³-hybridized carbons (Fsp3) is 0.571. The van der Waals surface area contributed by atoms with E-state index in [1.165, 1.54) is 5.56 Å². The third-order valence-electron chi connectivity index (χ3n) is 5.36. The molecule has 1 atom stereocenters. The monoisotopic (exact) mass is 388 g/mol. The number of piperazine rings is 1. The van der Waals surface area contributed by atoms with E-state index in [0.29, 0.717) is 6.04 Å². The Balaban J connectivity index is 1.65. The number of hydrogen-bond acceptors (Lipinski definition) is 6. The van der Waals surface area contributed by atoms with Crippen LogP contribution in [0.25, 0.3) is 0 Å². The third-order valence-corrected chi connectivity index (χ3v) is 5.36. The number of benzene rings is 1. The predicted molar refractivity (Wildman–Crippen MR) is 109 cm³/mol. The summed E-state index contributed by atoms with van der Waals surface area (Å²) in [7, 11) is 3.35. The summed E-state index contributed by atoms with van der Waals surface area (Å²) in [5.74, 6) is 1.61. The number of aliphatic hydroxyl groups is 1. The van der Waals surface area contributed by atoms with Crippen molar-refractivity contribution in [3.63, 3.8) is 0 Å². The maximum atomic E-state index is 9.58. The number of nitrogens with zero attached hydrogens (tertiary/aromatic N) is 4. The van der Waals surface area contributed by atoms with Crippen LogP contribution in [-0.2, 0) is 19.6 Å². The summed E-state index contributed by atoms with van der Waals surface area (Å²) in [6.07, 6.45) is 4.85. The maximum Gasteiger partial charge on any atom is 0.122 e. The molecule has 1 N–H and O–H groups in total. The van der Waals surface area contributed by atoms with Crippen LogP contribution < -0.4 is 9.47 Å². The van der Waals surface area contributed by atoms with E-state index in [2.05, 4.69) is 40.2 Å². The first-order valence-corrected chi connectivity index (χ1v) is 9.95. The Hall–Kier alpha value is -2.09. The highest BCUT2D eigenvalue weighted by atomic mass is 16.5. The van der Waals surface area contributed by atoms with Gasteiger partial charge in [-0.05, 0) is 31.0 Å². The van der Waals surface area contributed by atoms with Gasteiger partial charge in [-0.2, -0.15) is 5.10 Å². The fourth-order valence-corrected chi connectivity index (χ4v) is 3.84. The molecule has 0 saturated carbocycles. The van der Waals surface area contributed by atoms with E-state index in [0.717, 1.165) is 62.8 Å². The van der Waals surface area contributed by atoms with Crippen LogP contribution >= 0.6 is 0 Å². The molecule has 1 aromatic carbocycles. The van der Waals surface area contributed by atoms with Gasteiger partial charge in [0, 0.05) is 69.7 Å². The number of aromatic nitrogens is 2. The van der Waals surface area contributed by atoms with Crippen molar-refractivity contribution in [2.75, 3.05) is 40.5 Å². The maximum absolute atomic E-state index is 9.58. The molecule has 1 unspecified atom stereocenters. The number of ether oxygens (including phenoxy) is 2. The minimum Gasteiger partial charge on any atom is -0.497 e. The molecule has 28 heavy (non-hydrogen) atoms. The van der Waals surface area contributed by atoms with Gasteiger partial charge in [0.15, 0.2) is 0 Å². The molecule has 154 valence electrons. The lowest BCUT2D eigenvalue weighted by Crippen LogP contribution is -2.52. The normalized spacial score (nSPS) is 18.4. The molecule has 1 aliphatic rings. The van der Waals surface area contributed by atoms with Crippen molar-refractivity contribution in [2.45, 2.75) is 39.0 Å². The van der Waals surface area contributed by atoms with Crippen molar-refractivity contribution < 1.29 is 14.6 Å². The van der Waals surface area contributed by atoms with E-state index in [-0.39, 0.29) is 6.61 Å². The molecule has 0 radical (unpaired) electrons. The van der Waals surface area contributed by atoms with Crippen molar-refractivity contribution in [1.82, 2.24) is 19.6 Å². The second-order valence-corrected chi connectivity index (χ2v) is 7.30. The van der Waals surface area contributed by atoms with Gasteiger partial charge < -0.3 is 14.6 Å². The highest BCUT2D eigenvalue weighted by molar-refractivity contribution is 5.38. The topological polar surface area (TPSA) is 63.0 Å². The molecule has 1 aliphatic heterocycles. The Morgan fingerprint density at radius 1 is 1.07 bits per heavy atom. The van der Waals surface area contributed by atoms with Crippen LogP contribution in [0.3, 0.4) is 0 Å². The van der Waals surface area contributed by atoms with E-state index in [9.17, 15) is 5.11 Å². The predicted octanol–water partition coefficient (Wildman–Crippen LogP) is 1.99. The van der Waals surface area contributed by atoms with Gasteiger partial charge in [0.1, 0.15) is 11.5 Å². The van der Waals surface area contributed by atoms with E-state index in [4.69, 9.17) is 9.47 Å². The molecule has 7 nitrogen and oxygen atoms in total. The Bertz CT molecular complexity index is 727. The zero-order valence-corrected chi connectivity index (χ0v) is 17.2. The van der Waals surface area contributed by atoms with Crippen LogP contribution in [-0.4, -0.2) is 71.2 Å². The van der Waals surface area contributed by atoms with Crippen molar-refractivity contribution in [1.29, 1.82) is 0 Å². The molecule has 2 aromatic rings. The summed E-state index contributed by atoms with van der Waals surface area (Å²) < 4.78 is 12.8. The van der Waals surface area contributed by atoms with Gasteiger partial charge in [-0.3, -0.25) is 14.5 Å². The van der Waals surface area contributed by atoms with E-state index >= 15 is 0 Å². The van der Waals surface area contributed by atoms with Crippen molar-refractivity contribution in [2.24, 2.45) is 0 Å². The van der Waals surface area contributed by atoms with Crippen LogP contribution in [0, 0.1) is 0 Å². The number of aryl methyl sites for hydroxylation is 1. The van der Waals surface area contributed by atoms with E-state index < -0.39 is 0 Å². The van der Waals surface area contributed by atoms with Gasteiger partial charge in [0.25, 0.3) is 0 Å². The summed E-state index contributed by atoms with van der Waals surface area (Å²) in [6.45, 7) is 7.82. The molecule has 0 spiro atoms. The number of aliphatic hydroxyl groups excluding tert-OH is 1. The molecule has 0 aliphatic carbocycles. The molecule has 2 heterocycles. The van der Waals surface area contributed by atoms with Crippen molar-refractivity contribution >= 4 is 0 Å². The average Bonchev–Trinajstić information content (AvgIpc) is 3.17. The summed E-state index contributed by atoms with van der Waals surface area (Å²) in [5, 5.41) is 14.0. The van der Waals surface area contributed by atoms with Gasteiger partial charge in [-0.15, -0.1) is 0 Å². The zero-order chi connectivity index (χ0) is 19.9. The van der Waals surface area contributed by atoms with Crippen LogP contribution in [0.4, 0.5) is 0 Å². The van der Waals surface area contributed by atoms with Gasteiger partial charge >= 0.3 is 0 Å². The van der Waals surface area contributed by atoms with Gasteiger partial charge in [-0.25, -0.2) is 0 Å². The quantitative estimate of drug-likeness (QED) is 0.709. The number of rotatable bonds is 9. The van der Waals surface area contributed by atoms with E-state index in [1.807, 2.05) is 16.9 Å². The van der Waals surface area contributed by atoms with Gasteiger partial charge in [0.2, 0.25) is 0 Å². The first-order chi connectivity index (χ1) is 13.6. The minimum absolute atomic E-state index is 0.199. The molecule has 1 saturated heterocycles.